The largest absolute Gasteiger partial charge is 0.370 e. The lowest BCUT2D eigenvalue weighted by Gasteiger charge is -2.54. The number of likely N-dealkylation sites (tertiary alicyclic amines) is 1. The Morgan fingerprint density at radius 1 is 1.10 bits per heavy atom. The summed E-state index contributed by atoms with van der Waals surface area (Å²) in [6.45, 7) is 11.1. The van der Waals surface area contributed by atoms with E-state index < -0.39 is 0 Å². The van der Waals surface area contributed by atoms with Crippen LogP contribution in [0, 0.1) is 5.41 Å². The molecule has 2 saturated heterocycles. The fourth-order valence-corrected chi connectivity index (χ4v) is 6.61. The fourth-order valence-electron chi connectivity index (χ4n) is 6.61. The van der Waals surface area contributed by atoms with Crippen molar-refractivity contribution in [2.45, 2.75) is 45.1 Å². The minimum absolute atomic E-state index is 0.155. The Morgan fingerprint density at radius 2 is 1.88 bits per heavy atom. The van der Waals surface area contributed by atoms with E-state index in [9.17, 15) is 4.79 Å². The van der Waals surface area contributed by atoms with E-state index in [-0.39, 0.29) is 5.56 Å². The highest BCUT2D eigenvalue weighted by molar-refractivity contribution is 5.77. The normalized spacial score (nSPS) is 20.1. The van der Waals surface area contributed by atoms with Crippen LogP contribution in [0.25, 0.3) is 16.9 Å². The molecule has 3 aromatic heterocycles. The van der Waals surface area contributed by atoms with Crippen molar-refractivity contribution >= 4 is 28.4 Å². The first-order valence-electron chi connectivity index (χ1n) is 14.3. The molecule has 1 atom stereocenters. The van der Waals surface area contributed by atoms with Gasteiger partial charge in [-0.15, -0.1) is 6.58 Å². The van der Waals surface area contributed by atoms with Gasteiger partial charge in [0, 0.05) is 41.8 Å². The number of benzene rings is 1. The second kappa shape index (κ2) is 9.59. The van der Waals surface area contributed by atoms with Gasteiger partial charge in [0.15, 0.2) is 11.5 Å². The average molecular weight is 537 g/mol. The van der Waals surface area contributed by atoms with Crippen LogP contribution in [0.15, 0.2) is 60.0 Å². The minimum atomic E-state index is -0.155. The minimum Gasteiger partial charge on any atom is -0.370 e. The predicted octanol–water partition coefficient (Wildman–Crippen LogP) is 4.49. The van der Waals surface area contributed by atoms with Gasteiger partial charge in [-0.25, -0.2) is 19.3 Å². The van der Waals surface area contributed by atoms with Crippen molar-refractivity contribution in [2.75, 3.05) is 43.4 Å². The molecule has 206 valence electrons. The van der Waals surface area contributed by atoms with Gasteiger partial charge in [-0.3, -0.25) is 4.79 Å². The lowest BCUT2D eigenvalue weighted by molar-refractivity contribution is 0.0906. The number of aryl methyl sites for hydroxylation is 1. The van der Waals surface area contributed by atoms with E-state index >= 15 is 0 Å². The maximum atomic E-state index is 13.3. The summed E-state index contributed by atoms with van der Waals surface area (Å²) in [6, 6.07) is 12.6. The number of hydrogen-bond acceptors (Lipinski definition) is 7. The van der Waals surface area contributed by atoms with Crippen molar-refractivity contribution in [1.29, 1.82) is 0 Å². The van der Waals surface area contributed by atoms with Crippen LogP contribution in [0.4, 0.5) is 17.3 Å². The summed E-state index contributed by atoms with van der Waals surface area (Å²) < 4.78 is 3.44. The molecular formula is C31H36N8O. The maximum Gasteiger partial charge on any atom is 0.278 e. The van der Waals surface area contributed by atoms with Crippen LogP contribution in [0.3, 0.4) is 0 Å². The molecule has 1 unspecified atom stereocenters. The van der Waals surface area contributed by atoms with E-state index in [4.69, 9.17) is 9.97 Å². The van der Waals surface area contributed by atoms with E-state index in [1.807, 2.05) is 10.7 Å². The summed E-state index contributed by atoms with van der Waals surface area (Å²) >= 11 is 0. The second-order valence-corrected chi connectivity index (χ2v) is 11.9. The third-order valence-corrected chi connectivity index (χ3v) is 9.09. The number of allylic oxidation sites excluding steroid dienone is 1. The van der Waals surface area contributed by atoms with Gasteiger partial charge in [0.2, 0.25) is 5.95 Å². The van der Waals surface area contributed by atoms with E-state index in [1.165, 1.54) is 37.2 Å². The zero-order valence-corrected chi connectivity index (χ0v) is 23.3. The molecule has 7 rings (SSSR count). The Morgan fingerprint density at radius 3 is 2.62 bits per heavy atom. The van der Waals surface area contributed by atoms with Crippen LogP contribution in [-0.2, 0) is 13.0 Å². The molecule has 1 aromatic carbocycles. The predicted molar refractivity (Wildman–Crippen MR) is 159 cm³/mol. The molecule has 0 amide bonds. The molecule has 5 heterocycles. The van der Waals surface area contributed by atoms with Crippen molar-refractivity contribution in [3.8, 4) is 5.82 Å². The first-order valence-corrected chi connectivity index (χ1v) is 14.3. The van der Waals surface area contributed by atoms with Gasteiger partial charge in [-0.1, -0.05) is 19.1 Å². The van der Waals surface area contributed by atoms with Crippen molar-refractivity contribution in [1.82, 2.24) is 29.2 Å². The summed E-state index contributed by atoms with van der Waals surface area (Å²) in [5, 5.41) is 3.79. The van der Waals surface area contributed by atoms with E-state index in [2.05, 4.69) is 71.0 Å². The fraction of sp³-hybridized carbons (Fsp3) is 0.419. The average Bonchev–Trinajstić information content (AvgIpc) is 3.45. The lowest BCUT2D eigenvalue weighted by Crippen LogP contribution is -2.60. The molecule has 1 aliphatic carbocycles. The van der Waals surface area contributed by atoms with Crippen molar-refractivity contribution < 1.29 is 0 Å². The van der Waals surface area contributed by atoms with Crippen LogP contribution in [-0.4, -0.2) is 62.4 Å². The first-order chi connectivity index (χ1) is 19.4. The van der Waals surface area contributed by atoms with Crippen LogP contribution >= 0.6 is 0 Å². The summed E-state index contributed by atoms with van der Waals surface area (Å²) in [5.41, 5.74) is 5.41. The highest BCUT2D eigenvalue weighted by atomic mass is 16.1. The van der Waals surface area contributed by atoms with Crippen molar-refractivity contribution in [3.63, 3.8) is 0 Å². The molecule has 0 radical (unpaired) electrons. The van der Waals surface area contributed by atoms with Gasteiger partial charge in [-0.05, 0) is 87.6 Å². The summed E-state index contributed by atoms with van der Waals surface area (Å²) in [5.74, 6) is 1.53. The number of hydrogen-bond donors (Lipinski definition) is 1. The smallest absolute Gasteiger partial charge is 0.278 e. The highest BCUT2D eigenvalue weighted by Gasteiger charge is 2.44. The van der Waals surface area contributed by atoms with Gasteiger partial charge in [0.1, 0.15) is 5.39 Å². The Balaban J connectivity index is 1.15. The molecule has 3 aliphatic rings. The molecule has 2 aliphatic heterocycles. The lowest BCUT2D eigenvalue weighted by atomic mass is 9.72. The SMILES string of the molecule is C=CCn1c(=O)c2cnc(Nc3ccc(N4CC5(CCN(C)CC5)C4)cc3)nc2n1-c1ccc2c(n1)C(C)CC2. The number of pyridine rings is 1. The van der Waals surface area contributed by atoms with Crippen molar-refractivity contribution in [2.24, 2.45) is 5.41 Å². The van der Waals surface area contributed by atoms with E-state index in [0.717, 1.165) is 37.3 Å². The highest BCUT2D eigenvalue weighted by Crippen LogP contribution is 2.42. The Hall–Kier alpha value is -3.98. The van der Waals surface area contributed by atoms with Crippen LogP contribution in [0.1, 0.15) is 43.4 Å². The summed E-state index contributed by atoms with van der Waals surface area (Å²) in [4.78, 5) is 32.5. The van der Waals surface area contributed by atoms with Gasteiger partial charge in [0.05, 0.1) is 6.54 Å². The molecule has 2 fully saturated rings. The third-order valence-electron chi connectivity index (χ3n) is 9.09. The molecule has 0 bridgehead atoms. The number of fused-ring (bicyclic) bond motifs is 2. The number of nitrogens with zero attached hydrogens (tertiary/aromatic N) is 7. The molecule has 9 nitrogen and oxygen atoms in total. The Kier molecular flexibility index (Phi) is 6.00. The zero-order chi connectivity index (χ0) is 27.4. The summed E-state index contributed by atoms with van der Waals surface area (Å²) in [7, 11) is 2.22. The molecule has 1 N–H and O–H groups in total. The number of nitrogens with one attached hydrogen (secondary N) is 1. The summed E-state index contributed by atoms with van der Waals surface area (Å²) in [6.07, 6.45) is 8.05. The number of piperidine rings is 1. The van der Waals surface area contributed by atoms with Gasteiger partial charge < -0.3 is 15.1 Å². The Bertz CT molecular complexity index is 1640. The van der Waals surface area contributed by atoms with E-state index in [1.54, 1.807) is 17.0 Å². The molecule has 40 heavy (non-hydrogen) atoms. The molecule has 4 aromatic rings. The monoisotopic (exact) mass is 536 g/mol. The van der Waals surface area contributed by atoms with Gasteiger partial charge in [-0.2, -0.15) is 4.98 Å². The van der Waals surface area contributed by atoms with Crippen LogP contribution in [0.5, 0.6) is 0 Å². The number of aromatic nitrogens is 5. The van der Waals surface area contributed by atoms with Crippen LogP contribution in [0.2, 0.25) is 0 Å². The zero-order valence-electron chi connectivity index (χ0n) is 23.3. The second-order valence-electron chi connectivity index (χ2n) is 11.9. The van der Waals surface area contributed by atoms with Gasteiger partial charge >= 0.3 is 0 Å². The van der Waals surface area contributed by atoms with Gasteiger partial charge in [0.25, 0.3) is 5.56 Å². The van der Waals surface area contributed by atoms with Crippen molar-refractivity contribution in [3.05, 3.63) is 76.9 Å². The molecular weight excluding hydrogens is 500 g/mol. The third kappa shape index (κ3) is 4.20. The standard InChI is InChI=1S/C31H36N8O/c1-4-15-38-29(40)25-18-32-30(35-28(25)39(38)26-12-7-22-6-5-21(2)27(22)34-26)33-23-8-10-24(11-9-23)37-19-31(20-37)13-16-36(3)17-14-31/h4,7-12,18,21H,1,5-6,13-17,19-20H2,2-3H3,(H,32,33,35). The number of anilines is 3. The quantitative estimate of drug-likeness (QED) is 0.364. The molecule has 9 heteroatoms. The first kappa shape index (κ1) is 25.0. The van der Waals surface area contributed by atoms with E-state index in [0.29, 0.717) is 40.7 Å². The molecule has 0 saturated carbocycles. The topological polar surface area (TPSA) is 84.1 Å². The molecule has 1 spiro atoms. The number of rotatable bonds is 6. The Labute approximate surface area is 234 Å². The van der Waals surface area contributed by atoms with Crippen LogP contribution < -0.4 is 15.8 Å². The maximum absolute atomic E-state index is 13.3.